The van der Waals surface area contributed by atoms with Crippen LogP contribution in [0.5, 0.6) is 0 Å². The second kappa shape index (κ2) is 12.1. The Kier molecular flexibility index (Phi) is 7.89. The minimum Gasteiger partial charge on any atom is -0.378 e. The number of nitrogens with one attached hydrogen (secondary N) is 2. The predicted octanol–water partition coefficient (Wildman–Crippen LogP) is 9.10. The van der Waals surface area contributed by atoms with E-state index in [4.69, 9.17) is 4.98 Å². The minimum absolute atomic E-state index is 0.231. The van der Waals surface area contributed by atoms with E-state index in [1.807, 2.05) is 12.3 Å². The summed E-state index contributed by atoms with van der Waals surface area (Å²) in [5, 5.41) is 7.90. The molecule has 3 aromatic rings. The van der Waals surface area contributed by atoms with E-state index in [0.29, 0.717) is 0 Å². The average molecular weight is 590 g/mol. The molecular formula is C42H43N3. The molecule has 2 aliphatic carbocycles. The van der Waals surface area contributed by atoms with E-state index in [1.54, 1.807) is 0 Å². The van der Waals surface area contributed by atoms with Crippen LogP contribution in [0.2, 0.25) is 0 Å². The molecule has 5 atom stereocenters. The molecule has 2 N–H and O–H groups in total. The van der Waals surface area contributed by atoms with Crippen LogP contribution < -0.4 is 10.6 Å². The lowest BCUT2D eigenvalue weighted by atomic mass is 9.67. The number of pyridine rings is 1. The number of benzene rings is 2. The van der Waals surface area contributed by atoms with Gasteiger partial charge in [-0.15, -0.1) is 0 Å². The van der Waals surface area contributed by atoms with Crippen molar-refractivity contribution in [2.24, 2.45) is 11.8 Å². The Morgan fingerprint density at radius 2 is 1.60 bits per heavy atom. The van der Waals surface area contributed by atoms with Gasteiger partial charge >= 0.3 is 0 Å². The van der Waals surface area contributed by atoms with Gasteiger partial charge in [0.05, 0.1) is 16.8 Å². The summed E-state index contributed by atoms with van der Waals surface area (Å²) in [6.07, 6.45) is 26.4. The molecule has 7 rings (SSSR count). The molecule has 0 saturated carbocycles. The van der Waals surface area contributed by atoms with Crippen molar-refractivity contribution in [2.45, 2.75) is 57.2 Å². The van der Waals surface area contributed by atoms with Gasteiger partial charge in [0.1, 0.15) is 0 Å². The summed E-state index contributed by atoms with van der Waals surface area (Å²) in [4.78, 5) is 4.81. The first-order chi connectivity index (χ1) is 21.9. The van der Waals surface area contributed by atoms with E-state index in [-0.39, 0.29) is 29.0 Å². The van der Waals surface area contributed by atoms with Crippen LogP contribution in [0.4, 0.5) is 0 Å². The van der Waals surface area contributed by atoms with E-state index < -0.39 is 0 Å². The first-order valence-electron chi connectivity index (χ1n) is 16.4. The Morgan fingerprint density at radius 1 is 0.822 bits per heavy atom. The molecule has 226 valence electrons. The molecule has 4 aliphatic rings. The van der Waals surface area contributed by atoms with Gasteiger partial charge in [0.15, 0.2) is 0 Å². The van der Waals surface area contributed by atoms with Crippen LogP contribution in [0, 0.1) is 11.8 Å². The van der Waals surface area contributed by atoms with Crippen LogP contribution in [0.15, 0.2) is 157 Å². The predicted molar refractivity (Wildman–Crippen MR) is 188 cm³/mol. The summed E-state index contributed by atoms with van der Waals surface area (Å²) in [5.74, 6) is 0.515. The molecule has 3 heteroatoms. The summed E-state index contributed by atoms with van der Waals surface area (Å²) < 4.78 is 0. The van der Waals surface area contributed by atoms with Gasteiger partial charge in [0.25, 0.3) is 0 Å². The molecule has 2 aromatic carbocycles. The lowest BCUT2D eigenvalue weighted by Gasteiger charge is -2.45. The van der Waals surface area contributed by atoms with E-state index >= 15 is 0 Å². The Balaban J connectivity index is 1.30. The SMILES string of the molecule is CC1C(C2(C)C=CC(c3ccccc3)=CN2)=CC(c2ccccn2)=CC1C1=CC(C)(c2ccccc2)NC(C2=CCCC=C2)C1. The monoisotopic (exact) mass is 589 g/mol. The standard InChI is InChI=1S/C42H43N3/c1-30-37(35-27-40(32-17-9-5-10-18-32)45-42(3,28-35)36-19-11-6-12-20-36)25-34(39-21-13-14-24-43-39)26-38(30)41(2)23-22-33(29-44-41)31-15-7-4-8-16-31/h4,6-9,11-26,28-30,37,40,44-45H,5,10,27H2,1-3H3. The topological polar surface area (TPSA) is 37.0 Å². The van der Waals surface area contributed by atoms with E-state index in [2.05, 4.69) is 159 Å². The molecule has 3 heterocycles. The Morgan fingerprint density at radius 3 is 2.29 bits per heavy atom. The summed E-state index contributed by atoms with van der Waals surface area (Å²) in [6, 6.07) is 28.0. The summed E-state index contributed by atoms with van der Waals surface area (Å²) >= 11 is 0. The molecule has 2 aliphatic heterocycles. The van der Waals surface area contributed by atoms with Gasteiger partial charge in [-0.1, -0.05) is 128 Å². The zero-order chi connectivity index (χ0) is 30.9. The highest BCUT2D eigenvalue weighted by atomic mass is 15.0. The number of rotatable bonds is 6. The number of nitrogens with zero attached hydrogens (tertiary/aromatic N) is 1. The van der Waals surface area contributed by atoms with E-state index in [1.165, 1.54) is 39.0 Å². The third-order valence-electron chi connectivity index (χ3n) is 10.1. The fourth-order valence-corrected chi connectivity index (χ4v) is 7.59. The van der Waals surface area contributed by atoms with Gasteiger partial charge < -0.3 is 5.32 Å². The van der Waals surface area contributed by atoms with Gasteiger partial charge in [0, 0.05) is 24.4 Å². The molecule has 0 fully saturated rings. The fraction of sp³-hybridized carbons (Fsp3) is 0.262. The number of allylic oxidation sites excluding steroid dienone is 7. The zero-order valence-electron chi connectivity index (χ0n) is 26.6. The molecule has 5 unspecified atom stereocenters. The lowest BCUT2D eigenvalue weighted by Crippen LogP contribution is -2.50. The molecule has 0 saturated heterocycles. The number of hydrogen-bond donors (Lipinski definition) is 2. The van der Waals surface area contributed by atoms with Crippen LogP contribution in [0.3, 0.4) is 0 Å². The largest absolute Gasteiger partial charge is 0.378 e. The molecule has 3 nitrogen and oxygen atoms in total. The maximum atomic E-state index is 4.81. The summed E-state index contributed by atoms with van der Waals surface area (Å²) in [7, 11) is 0. The number of dihydropyridines is 1. The van der Waals surface area contributed by atoms with Gasteiger partial charge in [-0.3, -0.25) is 10.3 Å². The molecule has 0 spiro atoms. The highest BCUT2D eigenvalue weighted by molar-refractivity contribution is 5.78. The summed E-state index contributed by atoms with van der Waals surface area (Å²) in [6.45, 7) is 7.07. The van der Waals surface area contributed by atoms with Gasteiger partial charge in [-0.25, -0.2) is 0 Å². The third kappa shape index (κ3) is 5.85. The van der Waals surface area contributed by atoms with E-state index in [9.17, 15) is 0 Å². The second-order valence-electron chi connectivity index (χ2n) is 13.3. The molecular weight excluding hydrogens is 546 g/mol. The van der Waals surface area contributed by atoms with Crippen molar-refractivity contribution >= 4 is 11.1 Å². The van der Waals surface area contributed by atoms with E-state index in [0.717, 1.165) is 25.0 Å². The van der Waals surface area contributed by atoms with Crippen LogP contribution in [-0.2, 0) is 5.54 Å². The Hall–Kier alpha value is -4.47. The van der Waals surface area contributed by atoms with Crippen molar-refractivity contribution in [3.8, 4) is 0 Å². The molecule has 0 amide bonds. The molecule has 0 bridgehead atoms. The highest BCUT2D eigenvalue weighted by Gasteiger charge is 2.41. The van der Waals surface area contributed by atoms with Crippen molar-refractivity contribution in [1.82, 2.24) is 15.6 Å². The smallest absolute Gasteiger partial charge is 0.0745 e. The van der Waals surface area contributed by atoms with Crippen LogP contribution in [-0.4, -0.2) is 16.6 Å². The van der Waals surface area contributed by atoms with Gasteiger partial charge in [0.2, 0.25) is 0 Å². The quantitative estimate of drug-likeness (QED) is 0.282. The van der Waals surface area contributed by atoms with Crippen LogP contribution in [0.25, 0.3) is 11.1 Å². The van der Waals surface area contributed by atoms with Crippen molar-refractivity contribution in [3.63, 3.8) is 0 Å². The second-order valence-corrected chi connectivity index (χ2v) is 13.3. The lowest BCUT2D eigenvalue weighted by molar-refractivity contribution is 0.353. The number of hydrogen-bond acceptors (Lipinski definition) is 3. The fourth-order valence-electron chi connectivity index (χ4n) is 7.59. The van der Waals surface area contributed by atoms with Crippen molar-refractivity contribution < 1.29 is 0 Å². The first-order valence-corrected chi connectivity index (χ1v) is 16.4. The van der Waals surface area contributed by atoms with Gasteiger partial charge in [-0.05, 0) is 84.6 Å². The molecule has 1 aromatic heterocycles. The summed E-state index contributed by atoms with van der Waals surface area (Å²) in [5.41, 5.74) is 9.59. The molecule has 45 heavy (non-hydrogen) atoms. The minimum atomic E-state index is -0.325. The average Bonchev–Trinajstić information content (AvgIpc) is 3.10. The highest BCUT2D eigenvalue weighted by Crippen LogP contribution is 2.46. The van der Waals surface area contributed by atoms with Gasteiger partial charge in [-0.2, -0.15) is 0 Å². The zero-order valence-corrected chi connectivity index (χ0v) is 26.6. The van der Waals surface area contributed by atoms with Crippen LogP contribution >= 0.6 is 0 Å². The number of aromatic nitrogens is 1. The van der Waals surface area contributed by atoms with Crippen molar-refractivity contribution in [3.05, 3.63) is 173 Å². The van der Waals surface area contributed by atoms with Crippen molar-refractivity contribution in [2.75, 3.05) is 0 Å². The maximum Gasteiger partial charge on any atom is 0.0745 e. The first kappa shape index (κ1) is 29.3. The third-order valence-corrected chi connectivity index (χ3v) is 10.1. The maximum absolute atomic E-state index is 4.81. The Bertz CT molecular complexity index is 1760. The normalized spacial score (nSPS) is 29.5. The Labute approximate surface area is 268 Å². The van der Waals surface area contributed by atoms with Crippen LogP contribution in [0.1, 0.15) is 56.9 Å². The molecule has 0 radical (unpaired) electrons. The van der Waals surface area contributed by atoms with Crippen molar-refractivity contribution in [1.29, 1.82) is 0 Å².